The van der Waals surface area contributed by atoms with Crippen molar-refractivity contribution in [1.29, 1.82) is 0 Å². The second kappa shape index (κ2) is 6.68. The standard InChI is InChI=1S/C14H25NO4/c1-15(8-12-4-2-6-18-9-12)10-14(13(16)17)5-3-7-19-11-14/h12H,2-11H2,1H3,(H,16,17). The molecule has 2 unspecified atom stereocenters. The van der Waals surface area contributed by atoms with Gasteiger partial charge in [0, 0.05) is 26.3 Å². The second-order valence-corrected chi connectivity index (χ2v) is 6.02. The van der Waals surface area contributed by atoms with Gasteiger partial charge in [-0.1, -0.05) is 0 Å². The molecule has 0 aromatic heterocycles. The van der Waals surface area contributed by atoms with Crippen LogP contribution in [0.4, 0.5) is 0 Å². The number of carbonyl (C=O) groups is 1. The summed E-state index contributed by atoms with van der Waals surface area (Å²) >= 11 is 0. The van der Waals surface area contributed by atoms with Crippen LogP contribution in [0.1, 0.15) is 25.7 Å². The van der Waals surface area contributed by atoms with Crippen molar-refractivity contribution >= 4 is 5.97 Å². The molecule has 0 aromatic rings. The molecular weight excluding hydrogens is 246 g/mol. The van der Waals surface area contributed by atoms with E-state index in [-0.39, 0.29) is 0 Å². The first-order chi connectivity index (χ1) is 9.12. The summed E-state index contributed by atoms with van der Waals surface area (Å²) in [6.07, 6.45) is 3.85. The predicted molar refractivity (Wildman–Crippen MR) is 71.2 cm³/mol. The van der Waals surface area contributed by atoms with Gasteiger partial charge in [-0.3, -0.25) is 4.79 Å². The van der Waals surface area contributed by atoms with Gasteiger partial charge in [0.25, 0.3) is 0 Å². The molecule has 1 N–H and O–H groups in total. The topological polar surface area (TPSA) is 59.0 Å². The Bertz CT molecular complexity index is 296. The Morgan fingerprint density at radius 1 is 1.37 bits per heavy atom. The van der Waals surface area contributed by atoms with E-state index in [2.05, 4.69) is 4.90 Å². The summed E-state index contributed by atoms with van der Waals surface area (Å²) in [6, 6.07) is 0. The first kappa shape index (κ1) is 14.8. The zero-order chi connectivity index (χ0) is 13.7. The van der Waals surface area contributed by atoms with Gasteiger partial charge in [-0.2, -0.15) is 0 Å². The fraction of sp³-hybridized carbons (Fsp3) is 0.929. The van der Waals surface area contributed by atoms with E-state index in [9.17, 15) is 9.90 Å². The third-order valence-electron chi connectivity index (χ3n) is 4.17. The van der Waals surface area contributed by atoms with Crippen molar-refractivity contribution in [3.63, 3.8) is 0 Å². The van der Waals surface area contributed by atoms with Gasteiger partial charge in [-0.15, -0.1) is 0 Å². The molecule has 2 heterocycles. The van der Waals surface area contributed by atoms with Crippen molar-refractivity contribution < 1.29 is 19.4 Å². The van der Waals surface area contributed by atoms with Gasteiger partial charge in [-0.05, 0) is 38.6 Å². The second-order valence-electron chi connectivity index (χ2n) is 6.02. The van der Waals surface area contributed by atoms with Crippen LogP contribution in [0.3, 0.4) is 0 Å². The average molecular weight is 271 g/mol. The third kappa shape index (κ3) is 3.91. The fourth-order valence-corrected chi connectivity index (χ4v) is 3.19. The van der Waals surface area contributed by atoms with Crippen LogP contribution in [0.15, 0.2) is 0 Å². The number of aliphatic carboxylic acids is 1. The SMILES string of the molecule is CN(CC1CCCOC1)CC1(C(=O)O)CCCOC1. The Labute approximate surface area is 114 Å². The van der Waals surface area contributed by atoms with E-state index in [1.54, 1.807) is 0 Å². The molecule has 0 aromatic carbocycles. The molecule has 2 fully saturated rings. The summed E-state index contributed by atoms with van der Waals surface area (Å²) in [5.74, 6) is -0.187. The van der Waals surface area contributed by atoms with Crippen LogP contribution in [0, 0.1) is 11.3 Å². The number of carboxylic acids is 1. The average Bonchev–Trinajstić information content (AvgIpc) is 2.40. The summed E-state index contributed by atoms with van der Waals surface area (Å²) in [6.45, 7) is 4.19. The van der Waals surface area contributed by atoms with Gasteiger partial charge in [-0.25, -0.2) is 0 Å². The van der Waals surface area contributed by atoms with Crippen LogP contribution < -0.4 is 0 Å². The number of ether oxygens (including phenoxy) is 2. The molecular formula is C14H25NO4. The van der Waals surface area contributed by atoms with Crippen LogP contribution >= 0.6 is 0 Å². The van der Waals surface area contributed by atoms with Crippen molar-refractivity contribution in [3.05, 3.63) is 0 Å². The predicted octanol–water partition coefficient (Wildman–Crippen LogP) is 1.23. The molecule has 5 nitrogen and oxygen atoms in total. The molecule has 0 aliphatic carbocycles. The molecule has 2 aliphatic rings. The smallest absolute Gasteiger partial charge is 0.313 e. The van der Waals surface area contributed by atoms with Gasteiger partial charge in [0.1, 0.15) is 5.41 Å². The van der Waals surface area contributed by atoms with E-state index in [1.807, 2.05) is 7.05 Å². The quantitative estimate of drug-likeness (QED) is 0.815. The molecule has 2 aliphatic heterocycles. The Morgan fingerprint density at radius 2 is 2.16 bits per heavy atom. The monoisotopic (exact) mass is 271 g/mol. The van der Waals surface area contributed by atoms with Gasteiger partial charge in [0.05, 0.1) is 13.2 Å². The van der Waals surface area contributed by atoms with Crippen LogP contribution in [0.5, 0.6) is 0 Å². The molecule has 5 heteroatoms. The highest BCUT2D eigenvalue weighted by atomic mass is 16.5. The molecule has 0 bridgehead atoms. The molecule has 110 valence electrons. The number of carboxylic acid groups (broad SMARTS) is 1. The van der Waals surface area contributed by atoms with E-state index >= 15 is 0 Å². The molecule has 0 radical (unpaired) electrons. The third-order valence-corrected chi connectivity index (χ3v) is 4.17. The van der Waals surface area contributed by atoms with Crippen molar-refractivity contribution in [2.75, 3.05) is 46.6 Å². The first-order valence-electron chi connectivity index (χ1n) is 7.20. The Kier molecular flexibility index (Phi) is 5.19. The lowest BCUT2D eigenvalue weighted by atomic mass is 9.82. The van der Waals surface area contributed by atoms with Crippen molar-refractivity contribution in [2.45, 2.75) is 25.7 Å². The van der Waals surface area contributed by atoms with Crippen LogP contribution in [-0.4, -0.2) is 62.5 Å². The maximum absolute atomic E-state index is 11.6. The van der Waals surface area contributed by atoms with Crippen molar-refractivity contribution in [2.24, 2.45) is 11.3 Å². The highest BCUT2D eigenvalue weighted by Crippen LogP contribution is 2.30. The van der Waals surface area contributed by atoms with E-state index in [0.29, 0.717) is 32.1 Å². The van der Waals surface area contributed by atoms with Crippen LogP contribution in [-0.2, 0) is 14.3 Å². The first-order valence-corrected chi connectivity index (χ1v) is 7.20. The number of rotatable bonds is 5. The minimum atomic E-state index is -0.723. The van der Waals surface area contributed by atoms with Crippen LogP contribution in [0.2, 0.25) is 0 Å². The number of hydrogen-bond donors (Lipinski definition) is 1. The lowest BCUT2D eigenvalue weighted by Crippen LogP contribution is -2.48. The van der Waals surface area contributed by atoms with E-state index in [4.69, 9.17) is 9.47 Å². The molecule has 0 spiro atoms. The zero-order valence-electron chi connectivity index (χ0n) is 11.8. The summed E-state index contributed by atoms with van der Waals surface area (Å²) < 4.78 is 10.9. The number of hydrogen-bond acceptors (Lipinski definition) is 4. The molecule has 2 atom stereocenters. The molecule has 0 saturated carbocycles. The Balaban J connectivity index is 1.87. The van der Waals surface area contributed by atoms with E-state index in [0.717, 1.165) is 32.6 Å². The number of nitrogens with zero attached hydrogens (tertiary/aromatic N) is 1. The zero-order valence-corrected chi connectivity index (χ0v) is 11.8. The summed E-state index contributed by atoms with van der Waals surface area (Å²) in [5, 5.41) is 9.51. The largest absolute Gasteiger partial charge is 0.481 e. The minimum Gasteiger partial charge on any atom is -0.481 e. The molecule has 2 rings (SSSR count). The van der Waals surface area contributed by atoms with Crippen molar-refractivity contribution in [3.8, 4) is 0 Å². The normalized spacial score (nSPS) is 32.4. The van der Waals surface area contributed by atoms with Crippen LogP contribution in [0.25, 0.3) is 0 Å². The lowest BCUT2D eigenvalue weighted by molar-refractivity contribution is -0.159. The van der Waals surface area contributed by atoms with Gasteiger partial charge >= 0.3 is 5.97 Å². The summed E-state index contributed by atoms with van der Waals surface area (Å²) in [5.41, 5.74) is -0.720. The van der Waals surface area contributed by atoms with Gasteiger partial charge in [0.2, 0.25) is 0 Å². The minimum absolute atomic E-state index is 0.341. The molecule has 19 heavy (non-hydrogen) atoms. The maximum Gasteiger partial charge on any atom is 0.313 e. The molecule has 2 saturated heterocycles. The Morgan fingerprint density at radius 3 is 2.74 bits per heavy atom. The maximum atomic E-state index is 11.6. The van der Waals surface area contributed by atoms with E-state index in [1.165, 1.54) is 6.42 Å². The van der Waals surface area contributed by atoms with E-state index < -0.39 is 11.4 Å². The summed E-state index contributed by atoms with van der Waals surface area (Å²) in [7, 11) is 2.01. The van der Waals surface area contributed by atoms with Gasteiger partial charge in [0.15, 0.2) is 0 Å². The highest BCUT2D eigenvalue weighted by Gasteiger charge is 2.41. The Hall–Kier alpha value is -0.650. The molecule has 0 amide bonds. The highest BCUT2D eigenvalue weighted by molar-refractivity contribution is 5.75. The lowest BCUT2D eigenvalue weighted by Gasteiger charge is -2.37. The van der Waals surface area contributed by atoms with Gasteiger partial charge < -0.3 is 19.5 Å². The summed E-state index contributed by atoms with van der Waals surface area (Å²) in [4.78, 5) is 13.7. The van der Waals surface area contributed by atoms with Crippen molar-refractivity contribution in [1.82, 2.24) is 4.90 Å². The fourth-order valence-electron chi connectivity index (χ4n) is 3.19.